The van der Waals surface area contributed by atoms with Crippen molar-refractivity contribution >= 4 is 11.8 Å². The van der Waals surface area contributed by atoms with Crippen molar-refractivity contribution in [3.63, 3.8) is 0 Å². The van der Waals surface area contributed by atoms with Gasteiger partial charge in [-0.15, -0.1) is 0 Å². The highest BCUT2D eigenvalue weighted by Gasteiger charge is 2.30. The van der Waals surface area contributed by atoms with Gasteiger partial charge in [-0.05, 0) is 11.1 Å². The number of hydrogen-bond acceptors (Lipinski definition) is 3. The Morgan fingerprint density at radius 1 is 0.950 bits per heavy atom. The van der Waals surface area contributed by atoms with Crippen molar-refractivity contribution in [3.8, 4) is 11.1 Å². The predicted octanol–water partition coefficient (Wildman–Crippen LogP) is 3.24. The number of Topliss-reactive ketones (excluding diaryl/α,β-unsaturated/α-hetero) is 1. The van der Waals surface area contributed by atoms with E-state index < -0.39 is 6.10 Å². The van der Waals surface area contributed by atoms with Crippen molar-refractivity contribution in [1.82, 2.24) is 0 Å². The van der Waals surface area contributed by atoms with Gasteiger partial charge in [0.2, 0.25) is 5.78 Å². The van der Waals surface area contributed by atoms with E-state index in [1.807, 2.05) is 42.5 Å². The summed E-state index contributed by atoms with van der Waals surface area (Å²) in [6, 6.07) is 17.4. The lowest BCUT2D eigenvalue weighted by atomic mass is 10.00. The second-order valence-corrected chi connectivity index (χ2v) is 4.82. The fourth-order valence-corrected chi connectivity index (χ4v) is 2.35. The van der Waals surface area contributed by atoms with Crippen molar-refractivity contribution < 1.29 is 14.3 Å². The lowest BCUT2D eigenvalue weighted by Crippen LogP contribution is -2.20. The quantitative estimate of drug-likeness (QED) is 0.632. The minimum absolute atomic E-state index is 0.115. The topological polar surface area (TPSA) is 43.4 Å². The molecule has 3 heteroatoms. The zero-order valence-corrected chi connectivity index (χ0v) is 10.9. The number of ketones is 1. The zero-order valence-electron chi connectivity index (χ0n) is 10.9. The summed E-state index contributed by atoms with van der Waals surface area (Å²) >= 11 is 0. The Hall–Kier alpha value is -2.42. The Labute approximate surface area is 117 Å². The van der Waals surface area contributed by atoms with Crippen molar-refractivity contribution in [2.45, 2.75) is 18.9 Å². The third kappa shape index (κ3) is 2.48. The molecule has 0 bridgehead atoms. The molecular weight excluding hydrogens is 252 g/mol. The van der Waals surface area contributed by atoms with E-state index in [-0.39, 0.29) is 11.8 Å². The molecule has 0 aliphatic carbocycles. The largest absolute Gasteiger partial charge is 0.454 e. The van der Waals surface area contributed by atoms with E-state index in [0.717, 1.165) is 11.1 Å². The number of esters is 1. The van der Waals surface area contributed by atoms with Crippen LogP contribution in [0.15, 0.2) is 54.6 Å². The van der Waals surface area contributed by atoms with Gasteiger partial charge in [-0.2, -0.15) is 0 Å². The molecule has 3 rings (SSSR count). The minimum Gasteiger partial charge on any atom is -0.454 e. The standard InChI is InChI=1S/C17H14O3/c18-16-11-10-15(20-16)17(19)14-8-6-13(7-9-14)12-4-2-1-3-5-12/h1-9,15H,10-11H2. The van der Waals surface area contributed by atoms with Gasteiger partial charge in [-0.3, -0.25) is 9.59 Å². The molecule has 2 aromatic rings. The molecule has 1 unspecified atom stereocenters. The average Bonchev–Trinajstić information content (AvgIpc) is 2.94. The molecule has 0 radical (unpaired) electrons. The van der Waals surface area contributed by atoms with E-state index in [0.29, 0.717) is 18.4 Å². The SMILES string of the molecule is O=C1CCC(C(=O)c2ccc(-c3ccccc3)cc2)O1. The summed E-state index contributed by atoms with van der Waals surface area (Å²) in [7, 11) is 0. The summed E-state index contributed by atoms with van der Waals surface area (Å²) in [6.45, 7) is 0. The molecule has 0 saturated carbocycles. The van der Waals surface area contributed by atoms with Gasteiger partial charge in [0, 0.05) is 18.4 Å². The molecule has 2 aromatic carbocycles. The van der Waals surface area contributed by atoms with Crippen LogP contribution in [0.4, 0.5) is 0 Å². The molecule has 3 nitrogen and oxygen atoms in total. The maximum atomic E-state index is 12.2. The molecule has 1 atom stereocenters. The van der Waals surface area contributed by atoms with E-state index in [2.05, 4.69) is 0 Å². The maximum absolute atomic E-state index is 12.2. The Balaban J connectivity index is 1.79. The third-order valence-corrected chi connectivity index (χ3v) is 3.45. The summed E-state index contributed by atoms with van der Waals surface area (Å²) in [4.78, 5) is 23.2. The Morgan fingerprint density at radius 2 is 1.60 bits per heavy atom. The van der Waals surface area contributed by atoms with Gasteiger partial charge < -0.3 is 4.74 Å². The van der Waals surface area contributed by atoms with Crippen molar-refractivity contribution in [1.29, 1.82) is 0 Å². The van der Waals surface area contributed by atoms with Gasteiger partial charge in [0.05, 0.1) is 0 Å². The zero-order chi connectivity index (χ0) is 13.9. The van der Waals surface area contributed by atoms with E-state index in [1.165, 1.54) is 0 Å². The molecule has 1 saturated heterocycles. The Kier molecular flexibility index (Phi) is 3.33. The number of hydrogen-bond donors (Lipinski definition) is 0. The van der Waals surface area contributed by atoms with Gasteiger partial charge in [-0.25, -0.2) is 0 Å². The first kappa shape index (κ1) is 12.6. The third-order valence-electron chi connectivity index (χ3n) is 3.45. The molecule has 1 heterocycles. The van der Waals surface area contributed by atoms with Gasteiger partial charge in [-0.1, -0.05) is 54.6 Å². The highest BCUT2D eigenvalue weighted by molar-refractivity contribution is 6.01. The Morgan fingerprint density at radius 3 is 2.20 bits per heavy atom. The Bertz CT molecular complexity index is 629. The van der Waals surface area contributed by atoms with Crippen LogP contribution in [-0.2, 0) is 9.53 Å². The second kappa shape index (κ2) is 5.29. The molecule has 100 valence electrons. The van der Waals surface area contributed by atoms with Gasteiger partial charge in [0.1, 0.15) is 0 Å². The fourth-order valence-electron chi connectivity index (χ4n) is 2.35. The highest BCUT2D eigenvalue weighted by atomic mass is 16.6. The molecular formula is C17H14O3. The van der Waals surface area contributed by atoms with Crippen LogP contribution in [0.3, 0.4) is 0 Å². The molecule has 20 heavy (non-hydrogen) atoms. The summed E-state index contributed by atoms with van der Waals surface area (Å²) < 4.78 is 5.00. The first-order valence-corrected chi connectivity index (χ1v) is 6.63. The van der Waals surface area contributed by atoms with Crippen LogP contribution < -0.4 is 0 Å². The van der Waals surface area contributed by atoms with Crippen molar-refractivity contribution in [2.75, 3.05) is 0 Å². The number of rotatable bonds is 3. The van der Waals surface area contributed by atoms with E-state index in [4.69, 9.17) is 4.74 Å². The van der Waals surface area contributed by atoms with Crippen molar-refractivity contribution in [3.05, 3.63) is 60.2 Å². The summed E-state index contributed by atoms with van der Waals surface area (Å²) in [5.74, 6) is -0.403. The molecule has 1 fully saturated rings. The van der Waals surface area contributed by atoms with Crippen LogP contribution in [-0.4, -0.2) is 17.9 Å². The maximum Gasteiger partial charge on any atom is 0.306 e. The molecule has 0 spiro atoms. The van der Waals surface area contributed by atoms with Crippen LogP contribution in [0.2, 0.25) is 0 Å². The molecule has 0 aromatic heterocycles. The number of benzene rings is 2. The number of cyclic esters (lactones) is 1. The summed E-state index contributed by atoms with van der Waals surface area (Å²) in [6.07, 6.45) is 0.210. The lowest BCUT2D eigenvalue weighted by Gasteiger charge is -2.08. The van der Waals surface area contributed by atoms with Gasteiger partial charge >= 0.3 is 5.97 Å². The number of ether oxygens (including phenoxy) is 1. The minimum atomic E-state index is -0.606. The normalized spacial score (nSPS) is 17.8. The molecule has 0 N–H and O–H groups in total. The van der Waals surface area contributed by atoms with Crippen LogP contribution in [0.25, 0.3) is 11.1 Å². The first-order chi connectivity index (χ1) is 9.74. The average molecular weight is 266 g/mol. The van der Waals surface area contributed by atoms with E-state index >= 15 is 0 Å². The van der Waals surface area contributed by atoms with Crippen molar-refractivity contribution in [2.24, 2.45) is 0 Å². The monoisotopic (exact) mass is 266 g/mol. The van der Waals surface area contributed by atoms with Gasteiger partial charge in [0.25, 0.3) is 0 Å². The molecule has 1 aliphatic heterocycles. The number of carbonyl (C=O) groups is 2. The van der Waals surface area contributed by atoms with Crippen LogP contribution in [0, 0.1) is 0 Å². The second-order valence-electron chi connectivity index (χ2n) is 4.82. The summed E-state index contributed by atoms with van der Waals surface area (Å²) in [5.41, 5.74) is 2.76. The first-order valence-electron chi connectivity index (χ1n) is 6.63. The molecule has 1 aliphatic rings. The van der Waals surface area contributed by atoms with Crippen LogP contribution in [0.1, 0.15) is 23.2 Å². The van der Waals surface area contributed by atoms with Gasteiger partial charge in [0.15, 0.2) is 6.10 Å². The van der Waals surface area contributed by atoms with E-state index in [1.54, 1.807) is 12.1 Å². The highest BCUT2D eigenvalue weighted by Crippen LogP contribution is 2.22. The number of carbonyl (C=O) groups excluding carboxylic acids is 2. The predicted molar refractivity (Wildman–Crippen MR) is 75.3 cm³/mol. The lowest BCUT2D eigenvalue weighted by molar-refractivity contribution is -0.140. The molecule has 0 amide bonds. The van der Waals surface area contributed by atoms with Crippen LogP contribution >= 0.6 is 0 Å². The van der Waals surface area contributed by atoms with Crippen LogP contribution in [0.5, 0.6) is 0 Å². The summed E-state index contributed by atoms with van der Waals surface area (Å²) in [5, 5.41) is 0. The van der Waals surface area contributed by atoms with E-state index in [9.17, 15) is 9.59 Å². The fraction of sp³-hybridized carbons (Fsp3) is 0.176. The smallest absolute Gasteiger partial charge is 0.306 e.